The topological polar surface area (TPSA) is 88.5 Å². The predicted octanol–water partition coefficient (Wildman–Crippen LogP) is 2.44. The van der Waals surface area contributed by atoms with Crippen molar-refractivity contribution in [2.75, 3.05) is 13.2 Å². The summed E-state index contributed by atoms with van der Waals surface area (Å²) >= 11 is 4.67. The molecular formula is C15H13BrN2O4S. The molecule has 0 aliphatic carbocycles. The van der Waals surface area contributed by atoms with Crippen molar-refractivity contribution in [2.45, 2.75) is 12.3 Å². The van der Waals surface area contributed by atoms with E-state index in [4.69, 9.17) is 9.84 Å². The van der Waals surface area contributed by atoms with Crippen molar-refractivity contribution in [3.05, 3.63) is 44.3 Å². The molecule has 1 unspecified atom stereocenters. The number of carboxylic acid groups (broad SMARTS) is 1. The lowest BCUT2D eigenvalue weighted by Crippen LogP contribution is -2.31. The number of thiazole rings is 1. The van der Waals surface area contributed by atoms with Gasteiger partial charge in [-0.1, -0.05) is 15.9 Å². The van der Waals surface area contributed by atoms with Crippen LogP contribution in [0.25, 0.3) is 0 Å². The van der Waals surface area contributed by atoms with Gasteiger partial charge in [-0.3, -0.25) is 4.79 Å². The summed E-state index contributed by atoms with van der Waals surface area (Å²) in [7, 11) is 0. The molecule has 1 atom stereocenters. The second-order valence-corrected chi connectivity index (χ2v) is 6.88. The molecule has 1 aromatic carbocycles. The number of carboxylic acids is 1. The van der Waals surface area contributed by atoms with Gasteiger partial charge in [0, 0.05) is 28.4 Å². The van der Waals surface area contributed by atoms with Gasteiger partial charge in [-0.25, -0.2) is 9.78 Å². The third-order valence-corrected chi connectivity index (χ3v) is 4.88. The summed E-state index contributed by atoms with van der Waals surface area (Å²) in [5, 5.41) is 13.9. The van der Waals surface area contributed by atoms with Gasteiger partial charge in [0.2, 0.25) is 5.91 Å². The lowest BCUT2D eigenvalue weighted by molar-refractivity contribution is -0.122. The largest absolute Gasteiger partial charge is 0.492 e. The first-order valence-electron chi connectivity index (χ1n) is 6.92. The minimum absolute atomic E-state index is 0.0410. The first-order valence-corrected chi connectivity index (χ1v) is 8.59. The van der Waals surface area contributed by atoms with E-state index in [9.17, 15) is 9.59 Å². The molecule has 8 heteroatoms. The van der Waals surface area contributed by atoms with Crippen LogP contribution in [0.2, 0.25) is 0 Å². The second-order valence-electron chi connectivity index (χ2n) is 5.02. The van der Waals surface area contributed by atoms with E-state index in [0.717, 1.165) is 15.8 Å². The third-order valence-electron chi connectivity index (χ3n) is 3.48. The monoisotopic (exact) mass is 396 g/mol. The van der Waals surface area contributed by atoms with Gasteiger partial charge in [-0.05, 0) is 18.2 Å². The molecule has 120 valence electrons. The van der Waals surface area contributed by atoms with Gasteiger partial charge < -0.3 is 15.2 Å². The summed E-state index contributed by atoms with van der Waals surface area (Å²) in [5.74, 6) is -0.730. The highest BCUT2D eigenvalue weighted by molar-refractivity contribution is 9.10. The van der Waals surface area contributed by atoms with Gasteiger partial charge in [0.25, 0.3) is 0 Å². The summed E-state index contributed by atoms with van der Waals surface area (Å²) in [5.41, 5.74) is 0.915. The van der Waals surface area contributed by atoms with Crippen LogP contribution < -0.4 is 10.1 Å². The van der Waals surface area contributed by atoms with E-state index in [0.29, 0.717) is 24.6 Å². The van der Waals surface area contributed by atoms with E-state index >= 15 is 0 Å². The van der Waals surface area contributed by atoms with Crippen molar-refractivity contribution >= 4 is 39.1 Å². The maximum atomic E-state index is 12.3. The molecule has 0 spiro atoms. The van der Waals surface area contributed by atoms with Crippen LogP contribution in [0.3, 0.4) is 0 Å². The lowest BCUT2D eigenvalue weighted by Gasteiger charge is -2.09. The summed E-state index contributed by atoms with van der Waals surface area (Å²) in [6.45, 7) is 0.739. The minimum atomic E-state index is -1.04. The van der Waals surface area contributed by atoms with Crippen molar-refractivity contribution in [3.8, 4) is 5.75 Å². The number of ether oxygens (including phenoxy) is 1. The number of aromatic nitrogens is 1. The molecule has 2 aromatic rings. The Labute approximate surface area is 144 Å². The van der Waals surface area contributed by atoms with Crippen molar-refractivity contribution < 1.29 is 19.4 Å². The molecule has 2 N–H and O–H groups in total. The highest BCUT2D eigenvalue weighted by Crippen LogP contribution is 2.35. The zero-order valence-corrected chi connectivity index (χ0v) is 14.3. The second kappa shape index (κ2) is 6.67. The number of carbonyl (C=O) groups is 2. The minimum Gasteiger partial charge on any atom is -0.492 e. The van der Waals surface area contributed by atoms with Crippen LogP contribution in [0.5, 0.6) is 5.75 Å². The van der Waals surface area contributed by atoms with E-state index in [1.54, 1.807) is 0 Å². The fourth-order valence-corrected chi connectivity index (χ4v) is 3.49. The molecule has 23 heavy (non-hydrogen) atoms. The van der Waals surface area contributed by atoms with E-state index in [-0.39, 0.29) is 17.5 Å². The molecule has 0 bridgehead atoms. The van der Waals surface area contributed by atoms with Crippen LogP contribution in [0, 0.1) is 0 Å². The van der Waals surface area contributed by atoms with Gasteiger partial charge in [0.15, 0.2) is 5.69 Å². The van der Waals surface area contributed by atoms with Crippen LogP contribution >= 0.6 is 27.3 Å². The Hall–Kier alpha value is -1.93. The maximum Gasteiger partial charge on any atom is 0.355 e. The standard InChI is InChI=1S/C15H13BrN2O4S/c16-8-1-2-12-9(5-8)10(6-22-12)14(19)17-4-3-13-18-11(7-23-13)15(20)21/h1-2,5,7,10H,3-4,6H2,(H,17,19)(H,20,21). The van der Waals surface area contributed by atoms with Gasteiger partial charge in [0.1, 0.15) is 18.3 Å². The smallest absolute Gasteiger partial charge is 0.355 e. The zero-order chi connectivity index (χ0) is 16.4. The Bertz CT molecular complexity index is 762. The van der Waals surface area contributed by atoms with E-state index in [1.807, 2.05) is 18.2 Å². The average Bonchev–Trinajstić information content (AvgIpc) is 3.13. The van der Waals surface area contributed by atoms with Gasteiger partial charge in [0.05, 0.1) is 5.01 Å². The highest BCUT2D eigenvalue weighted by Gasteiger charge is 2.30. The van der Waals surface area contributed by atoms with E-state index in [1.165, 1.54) is 16.7 Å². The molecule has 1 amide bonds. The fourth-order valence-electron chi connectivity index (χ4n) is 2.34. The Balaban J connectivity index is 1.56. The maximum absolute atomic E-state index is 12.3. The number of aromatic carboxylic acids is 1. The van der Waals surface area contributed by atoms with Crippen LogP contribution in [-0.4, -0.2) is 35.1 Å². The van der Waals surface area contributed by atoms with Gasteiger partial charge >= 0.3 is 5.97 Å². The molecule has 0 saturated heterocycles. The van der Waals surface area contributed by atoms with Crippen molar-refractivity contribution in [3.63, 3.8) is 0 Å². The molecule has 3 rings (SSSR count). The Kier molecular flexibility index (Phi) is 4.63. The summed E-state index contributed by atoms with van der Waals surface area (Å²) in [6, 6.07) is 5.61. The van der Waals surface area contributed by atoms with Crippen molar-refractivity contribution in [1.29, 1.82) is 0 Å². The third kappa shape index (κ3) is 3.53. The highest BCUT2D eigenvalue weighted by atomic mass is 79.9. The quantitative estimate of drug-likeness (QED) is 0.809. The molecule has 1 aliphatic heterocycles. The van der Waals surface area contributed by atoms with Crippen LogP contribution in [-0.2, 0) is 11.2 Å². The first kappa shape index (κ1) is 15.9. The number of nitrogens with zero attached hydrogens (tertiary/aromatic N) is 1. The van der Waals surface area contributed by atoms with Crippen molar-refractivity contribution in [1.82, 2.24) is 10.3 Å². The molecule has 1 aromatic heterocycles. The molecule has 0 radical (unpaired) electrons. The van der Waals surface area contributed by atoms with E-state index in [2.05, 4.69) is 26.2 Å². The molecule has 6 nitrogen and oxygen atoms in total. The van der Waals surface area contributed by atoms with E-state index < -0.39 is 5.97 Å². The molecule has 0 fully saturated rings. The molecular weight excluding hydrogens is 384 g/mol. The Morgan fingerprint density at radius 1 is 1.48 bits per heavy atom. The molecule has 2 heterocycles. The number of halogens is 1. The summed E-state index contributed by atoms with van der Waals surface area (Å²) in [4.78, 5) is 27.1. The number of rotatable bonds is 5. The first-order chi connectivity index (χ1) is 11.0. The van der Waals surface area contributed by atoms with Crippen LogP contribution in [0.15, 0.2) is 28.1 Å². The van der Waals surface area contributed by atoms with Crippen molar-refractivity contribution in [2.24, 2.45) is 0 Å². The number of hydrogen-bond acceptors (Lipinski definition) is 5. The zero-order valence-electron chi connectivity index (χ0n) is 11.9. The number of carbonyl (C=O) groups excluding carboxylic acids is 1. The fraction of sp³-hybridized carbons (Fsp3) is 0.267. The number of hydrogen-bond donors (Lipinski definition) is 2. The Morgan fingerprint density at radius 2 is 2.30 bits per heavy atom. The molecule has 0 saturated carbocycles. The van der Waals surface area contributed by atoms with Crippen LogP contribution in [0.1, 0.15) is 27.0 Å². The summed E-state index contributed by atoms with van der Waals surface area (Å²) in [6.07, 6.45) is 0.503. The van der Waals surface area contributed by atoms with Crippen LogP contribution in [0.4, 0.5) is 0 Å². The van der Waals surface area contributed by atoms with Gasteiger partial charge in [-0.2, -0.15) is 0 Å². The number of fused-ring (bicyclic) bond motifs is 1. The lowest BCUT2D eigenvalue weighted by atomic mass is 10.0. The molecule has 1 aliphatic rings. The number of amides is 1. The number of nitrogens with one attached hydrogen (secondary N) is 1. The average molecular weight is 397 g/mol. The van der Waals surface area contributed by atoms with Gasteiger partial charge in [-0.15, -0.1) is 11.3 Å². The Morgan fingerprint density at radius 3 is 3.04 bits per heavy atom. The summed E-state index contributed by atoms with van der Waals surface area (Å²) < 4.78 is 6.43. The normalized spacial score (nSPS) is 15.8. The predicted molar refractivity (Wildman–Crippen MR) is 88.2 cm³/mol. The SMILES string of the molecule is O=C(O)c1csc(CCNC(=O)C2COc3ccc(Br)cc32)n1. The number of benzene rings is 1.